The highest BCUT2D eigenvalue weighted by Crippen LogP contribution is 2.33. The highest BCUT2D eigenvalue weighted by molar-refractivity contribution is 6.10. The zero-order chi connectivity index (χ0) is 30.6. The molecule has 2 aliphatic rings. The number of nitrogen functional groups attached to an aromatic ring is 1. The van der Waals surface area contributed by atoms with Gasteiger partial charge in [0.1, 0.15) is 5.69 Å². The Bertz CT molecular complexity index is 1530. The third-order valence-corrected chi connectivity index (χ3v) is 7.00. The molecule has 0 atom stereocenters. The van der Waals surface area contributed by atoms with Crippen molar-refractivity contribution in [2.75, 3.05) is 33.0 Å². The van der Waals surface area contributed by atoms with Crippen molar-refractivity contribution in [3.63, 3.8) is 0 Å². The van der Waals surface area contributed by atoms with Gasteiger partial charge in [-0.2, -0.15) is 10.2 Å². The summed E-state index contributed by atoms with van der Waals surface area (Å²) in [5.41, 5.74) is 11.8. The number of hydrogen-bond donors (Lipinski definition) is 1. The number of aromatic nitrogens is 6. The molecular formula is C29H38N8O5. The normalized spacial score (nSPS) is 14.9. The van der Waals surface area contributed by atoms with Crippen molar-refractivity contribution in [1.29, 1.82) is 0 Å². The Morgan fingerprint density at radius 1 is 0.929 bits per heavy atom. The third-order valence-electron chi connectivity index (χ3n) is 7.00. The summed E-state index contributed by atoms with van der Waals surface area (Å²) in [6.07, 6.45) is 8.29. The van der Waals surface area contributed by atoms with E-state index in [1.165, 1.54) is 4.68 Å². The number of Topliss-reactive ketones (excluding diaryl/α,β-unsaturated/α-hetero) is 1. The Labute approximate surface area is 244 Å². The minimum atomic E-state index is -0.456. The monoisotopic (exact) mass is 578 g/mol. The summed E-state index contributed by atoms with van der Waals surface area (Å²) >= 11 is 0. The number of anilines is 1. The molecule has 3 heterocycles. The molecule has 0 aromatic carbocycles. The predicted molar refractivity (Wildman–Crippen MR) is 155 cm³/mol. The molecular weight excluding hydrogens is 540 g/mol. The zero-order valence-corrected chi connectivity index (χ0v) is 25.1. The summed E-state index contributed by atoms with van der Waals surface area (Å²) in [7, 11) is 7.27. The molecule has 13 heteroatoms. The van der Waals surface area contributed by atoms with E-state index >= 15 is 0 Å². The van der Waals surface area contributed by atoms with Crippen LogP contribution in [0.3, 0.4) is 0 Å². The van der Waals surface area contributed by atoms with Crippen LogP contribution < -0.4 is 5.73 Å². The molecule has 0 saturated carbocycles. The molecule has 2 aliphatic carbocycles. The van der Waals surface area contributed by atoms with Gasteiger partial charge in [-0.1, -0.05) is 0 Å². The second kappa shape index (κ2) is 13.0. The average molecular weight is 579 g/mol. The fraction of sp³-hybridized carbons (Fsp3) is 0.483. The summed E-state index contributed by atoms with van der Waals surface area (Å²) in [6.45, 7) is 4.16. The molecule has 3 aromatic rings. The molecule has 0 amide bonds. The Morgan fingerprint density at radius 2 is 1.48 bits per heavy atom. The number of fused-ring (bicyclic) bond motifs is 4. The Hall–Kier alpha value is -4.55. The lowest BCUT2D eigenvalue weighted by Crippen LogP contribution is -2.13. The molecule has 0 unspecified atom stereocenters. The van der Waals surface area contributed by atoms with Gasteiger partial charge < -0.3 is 20.1 Å². The number of allylic oxidation sites excluding steroid dienone is 1. The fourth-order valence-corrected chi connectivity index (χ4v) is 5.34. The van der Waals surface area contributed by atoms with Crippen molar-refractivity contribution >= 4 is 23.7 Å². The molecule has 224 valence electrons. The molecule has 5 rings (SSSR count). The Balaban J connectivity index is 0.000000193. The van der Waals surface area contributed by atoms with Crippen LogP contribution in [0.25, 0.3) is 11.4 Å². The Morgan fingerprint density at radius 3 is 2.05 bits per heavy atom. The first-order valence-corrected chi connectivity index (χ1v) is 14.1. The van der Waals surface area contributed by atoms with Crippen LogP contribution in [-0.4, -0.2) is 79.5 Å². The minimum Gasteiger partial charge on any atom is -0.461 e. The number of ketones is 1. The van der Waals surface area contributed by atoms with Crippen molar-refractivity contribution in [2.45, 2.75) is 52.4 Å². The van der Waals surface area contributed by atoms with E-state index in [-0.39, 0.29) is 23.4 Å². The van der Waals surface area contributed by atoms with Gasteiger partial charge in [-0.25, -0.2) is 19.6 Å². The van der Waals surface area contributed by atoms with E-state index in [1.54, 1.807) is 38.8 Å². The van der Waals surface area contributed by atoms with E-state index in [0.717, 1.165) is 53.8 Å². The number of carbonyl (C=O) groups excluding carboxylic acids is 3. The van der Waals surface area contributed by atoms with E-state index in [4.69, 9.17) is 15.2 Å². The molecule has 0 radical (unpaired) electrons. The van der Waals surface area contributed by atoms with Gasteiger partial charge in [0.2, 0.25) is 11.7 Å². The molecule has 0 bridgehead atoms. The number of esters is 2. The van der Waals surface area contributed by atoms with E-state index in [0.29, 0.717) is 43.0 Å². The molecule has 42 heavy (non-hydrogen) atoms. The number of ether oxygens (including phenoxy) is 2. The largest absolute Gasteiger partial charge is 0.461 e. The van der Waals surface area contributed by atoms with Gasteiger partial charge in [0.05, 0.1) is 24.6 Å². The SMILES string of the molecule is CCOC(=O)c1nn(C)c2c1CCC/C(=C\N(C)C)C2=O.CCOC(=O)c1nn(C)c2c1CCCc1cnc(N)nc1-2. The van der Waals surface area contributed by atoms with Gasteiger partial charge in [-0.15, -0.1) is 0 Å². The van der Waals surface area contributed by atoms with Crippen molar-refractivity contribution in [3.8, 4) is 11.4 Å². The number of hydrogen-bond acceptors (Lipinski definition) is 11. The van der Waals surface area contributed by atoms with E-state index < -0.39 is 5.97 Å². The van der Waals surface area contributed by atoms with Gasteiger partial charge in [0, 0.05) is 57.3 Å². The second-order valence-corrected chi connectivity index (χ2v) is 10.3. The lowest BCUT2D eigenvalue weighted by Gasteiger charge is -2.09. The van der Waals surface area contributed by atoms with Crippen LogP contribution in [0.2, 0.25) is 0 Å². The van der Waals surface area contributed by atoms with Crippen molar-refractivity contribution in [1.82, 2.24) is 34.4 Å². The van der Waals surface area contributed by atoms with Crippen molar-refractivity contribution < 1.29 is 23.9 Å². The molecule has 2 N–H and O–H groups in total. The van der Waals surface area contributed by atoms with Crippen molar-refractivity contribution in [2.24, 2.45) is 14.1 Å². The summed E-state index contributed by atoms with van der Waals surface area (Å²) in [6, 6.07) is 0. The first-order chi connectivity index (χ1) is 20.1. The first kappa shape index (κ1) is 30.4. The van der Waals surface area contributed by atoms with Gasteiger partial charge in [-0.3, -0.25) is 14.2 Å². The first-order valence-electron chi connectivity index (χ1n) is 14.1. The fourth-order valence-electron chi connectivity index (χ4n) is 5.34. The van der Waals surface area contributed by atoms with Crippen LogP contribution in [-0.2, 0) is 42.8 Å². The van der Waals surface area contributed by atoms with Crippen molar-refractivity contribution in [3.05, 3.63) is 51.7 Å². The quantitative estimate of drug-likeness (QED) is 0.269. The van der Waals surface area contributed by atoms with Gasteiger partial charge in [0.25, 0.3) is 0 Å². The lowest BCUT2D eigenvalue weighted by molar-refractivity contribution is 0.0508. The molecule has 0 fully saturated rings. The van der Waals surface area contributed by atoms with Crippen LogP contribution in [0.1, 0.15) is 81.3 Å². The standard InChI is InChI=1S/C15H21N3O3.C14H17N5O2/c1-5-21-15(20)12-11-8-6-7-10(9-17(2)3)14(19)13(11)18(4)16-12;1-3-21-13(20)11-9-6-4-5-8-7-16-14(15)17-10(8)12(9)19(2)18-11/h9H,5-8H2,1-4H3;7H,3-6H2,1-2H3,(H2,15,16,17)/b10-9+;. The topological polar surface area (TPSA) is 160 Å². The van der Waals surface area contributed by atoms with Gasteiger partial charge >= 0.3 is 11.9 Å². The van der Waals surface area contributed by atoms with E-state index in [1.807, 2.05) is 25.2 Å². The maximum Gasteiger partial charge on any atom is 0.359 e. The summed E-state index contributed by atoms with van der Waals surface area (Å²) in [4.78, 5) is 47.0. The maximum absolute atomic E-state index is 12.7. The average Bonchev–Trinajstić information content (AvgIpc) is 3.30. The number of nitrogens with zero attached hydrogens (tertiary/aromatic N) is 7. The van der Waals surface area contributed by atoms with Gasteiger partial charge in [-0.05, 0) is 57.9 Å². The Kier molecular flexibility index (Phi) is 9.38. The second-order valence-electron chi connectivity index (χ2n) is 10.3. The van der Waals surface area contributed by atoms with E-state index in [2.05, 4.69) is 20.2 Å². The zero-order valence-electron chi connectivity index (χ0n) is 25.1. The van der Waals surface area contributed by atoms with Crippen LogP contribution in [0.15, 0.2) is 18.0 Å². The highest BCUT2D eigenvalue weighted by Gasteiger charge is 2.31. The molecule has 0 aliphatic heterocycles. The van der Waals surface area contributed by atoms with Crippen LogP contribution in [0.5, 0.6) is 0 Å². The summed E-state index contributed by atoms with van der Waals surface area (Å²) in [5.74, 6) is -0.677. The smallest absolute Gasteiger partial charge is 0.359 e. The molecule has 13 nitrogen and oxygen atoms in total. The number of nitrogens with two attached hydrogens (primary N) is 1. The molecule has 0 spiro atoms. The third kappa shape index (κ3) is 6.19. The lowest BCUT2D eigenvalue weighted by atomic mass is 10.1. The summed E-state index contributed by atoms with van der Waals surface area (Å²) in [5, 5.41) is 8.52. The minimum absolute atomic E-state index is 0.0539. The number of carbonyl (C=O) groups is 3. The van der Waals surface area contributed by atoms with E-state index in [9.17, 15) is 14.4 Å². The molecule has 3 aromatic heterocycles. The number of aryl methyl sites for hydroxylation is 3. The predicted octanol–water partition coefficient (Wildman–Crippen LogP) is 2.69. The van der Waals surface area contributed by atoms with Crippen LogP contribution in [0.4, 0.5) is 5.95 Å². The maximum atomic E-state index is 12.7. The van der Waals surface area contributed by atoms with Crippen LogP contribution >= 0.6 is 0 Å². The molecule has 0 saturated heterocycles. The summed E-state index contributed by atoms with van der Waals surface area (Å²) < 4.78 is 13.3. The van der Waals surface area contributed by atoms with Crippen LogP contribution in [0, 0.1) is 0 Å². The highest BCUT2D eigenvalue weighted by atomic mass is 16.5. The van der Waals surface area contributed by atoms with Gasteiger partial charge in [0.15, 0.2) is 11.4 Å². The number of rotatable bonds is 5.